The minimum Gasteiger partial charge on any atom is -0.294 e. The van der Waals surface area contributed by atoms with E-state index in [1.807, 2.05) is 12.3 Å². The number of aromatic nitrogens is 2. The maximum atomic E-state index is 11.5. The SMILES string of the molecule is CC(=O)c1cc(-n2ccc(C3CC3)n2)ccc1[N+](=O)[O-]. The first-order valence-corrected chi connectivity index (χ1v) is 6.41. The van der Waals surface area contributed by atoms with Gasteiger partial charge in [0.1, 0.15) is 0 Å². The van der Waals surface area contributed by atoms with Crippen LogP contribution in [-0.2, 0) is 0 Å². The molecule has 6 heteroatoms. The fraction of sp³-hybridized carbons (Fsp3) is 0.286. The van der Waals surface area contributed by atoms with E-state index in [0.29, 0.717) is 11.6 Å². The number of nitrogens with zero attached hydrogens (tertiary/aromatic N) is 3. The zero-order chi connectivity index (χ0) is 14.3. The second kappa shape index (κ2) is 4.56. The molecule has 0 bridgehead atoms. The third kappa shape index (κ3) is 2.20. The summed E-state index contributed by atoms with van der Waals surface area (Å²) in [4.78, 5) is 21.9. The summed E-state index contributed by atoms with van der Waals surface area (Å²) in [5.74, 6) is 0.217. The van der Waals surface area contributed by atoms with Crippen molar-refractivity contribution in [2.75, 3.05) is 0 Å². The Bertz CT molecular complexity index is 701. The number of Topliss-reactive ketones (excluding diaryl/α,β-unsaturated/α-hetero) is 1. The first kappa shape index (κ1) is 12.5. The van der Waals surface area contributed by atoms with Crippen LogP contribution in [0.2, 0.25) is 0 Å². The standard InChI is InChI=1S/C14H13N3O3/c1-9(18)12-8-11(4-5-14(12)17(19)20)16-7-6-13(15-16)10-2-3-10/h4-8,10H,2-3H2,1H3. The smallest absolute Gasteiger partial charge is 0.280 e. The molecular formula is C14H13N3O3. The highest BCUT2D eigenvalue weighted by molar-refractivity contribution is 5.98. The third-order valence-electron chi connectivity index (χ3n) is 3.43. The number of carbonyl (C=O) groups is 1. The Morgan fingerprint density at radius 2 is 2.15 bits per heavy atom. The van der Waals surface area contributed by atoms with Crippen LogP contribution in [0.3, 0.4) is 0 Å². The minimum atomic E-state index is -0.542. The van der Waals surface area contributed by atoms with E-state index in [-0.39, 0.29) is 17.0 Å². The average Bonchev–Trinajstić information content (AvgIpc) is 3.15. The molecule has 102 valence electrons. The Hall–Kier alpha value is -2.50. The summed E-state index contributed by atoms with van der Waals surface area (Å²) in [5.41, 5.74) is 1.63. The van der Waals surface area contributed by atoms with Crippen LogP contribution in [0.1, 0.15) is 41.7 Å². The van der Waals surface area contributed by atoms with Crippen molar-refractivity contribution in [1.29, 1.82) is 0 Å². The van der Waals surface area contributed by atoms with Gasteiger partial charge in [-0.2, -0.15) is 5.10 Å². The van der Waals surface area contributed by atoms with Crippen LogP contribution in [0.15, 0.2) is 30.5 Å². The largest absolute Gasteiger partial charge is 0.294 e. The summed E-state index contributed by atoms with van der Waals surface area (Å²) in [5, 5.41) is 15.4. The molecule has 1 aromatic heterocycles. The summed E-state index contributed by atoms with van der Waals surface area (Å²) in [6.45, 7) is 1.32. The number of carbonyl (C=O) groups excluding carboxylic acids is 1. The summed E-state index contributed by atoms with van der Waals surface area (Å²) in [6, 6.07) is 6.43. The van der Waals surface area contributed by atoms with Crippen molar-refractivity contribution >= 4 is 11.5 Å². The van der Waals surface area contributed by atoms with E-state index in [2.05, 4.69) is 5.10 Å². The second-order valence-corrected chi connectivity index (χ2v) is 4.97. The molecular weight excluding hydrogens is 258 g/mol. The van der Waals surface area contributed by atoms with Gasteiger partial charge in [-0.1, -0.05) is 0 Å². The second-order valence-electron chi connectivity index (χ2n) is 4.97. The normalized spacial score (nSPS) is 14.2. The highest BCUT2D eigenvalue weighted by atomic mass is 16.6. The summed E-state index contributed by atoms with van der Waals surface area (Å²) in [6.07, 6.45) is 4.14. The number of rotatable bonds is 4. The van der Waals surface area contributed by atoms with Gasteiger partial charge in [-0.05, 0) is 38.0 Å². The van der Waals surface area contributed by atoms with Gasteiger partial charge in [0.2, 0.25) is 0 Å². The number of nitro groups is 1. The van der Waals surface area contributed by atoms with Crippen LogP contribution >= 0.6 is 0 Å². The number of hydrogen-bond donors (Lipinski definition) is 0. The van der Waals surface area contributed by atoms with Crippen molar-refractivity contribution in [3.05, 3.63) is 51.8 Å². The highest BCUT2D eigenvalue weighted by Crippen LogP contribution is 2.39. The molecule has 0 saturated heterocycles. The molecule has 20 heavy (non-hydrogen) atoms. The van der Waals surface area contributed by atoms with Crippen molar-refractivity contribution in [3.8, 4) is 5.69 Å². The van der Waals surface area contributed by atoms with Crippen LogP contribution in [0.5, 0.6) is 0 Å². The molecule has 0 aliphatic heterocycles. The molecule has 1 aromatic carbocycles. The zero-order valence-corrected chi connectivity index (χ0v) is 10.9. The number of hydrogen-bond acceptors (Lipinski definition) is 4. The molecule has 6 nitrogen and oxygen atoms in total. The number of benzene rings is 1. The Balaban J connectivity index is 2.02. The summed E-state index contributed by atoms with van der Waals surface area (Å²) in [7, 11) is 0. The molecule has 1 saturated carbocycles. The monoisotopic (exact) mass is 271 g/mol. The summed E-state index contributed by atoms with van der Waals surface area (Å²) < 4.78 is 1.66. The minimum absolute atomic E-state index is 0.107. The third-order valence-corrected chi connectivity index (χ3v) is 3.43. The van der Waals surface area contributed by atoms with E-state index in [4.69, 9.17) is 0 Å². The van der Waals surface area contributed by atoms with Gasteiger partial charge in [-0.25, -0.2) is 4.68 Å². The molecule has 1 heterocycles. The van der Waals surface area contributed by atoms with Gasteiger partial charge in [-0.15, -0.1) is 0 Å². The fourth-order valence-corrected chi connectivity index (χ4v) is 2.19. The highest BCUT2D eigenvalue weighted by Gasteiger charge is 2.26. The topological polar surface area (TPSA) is 78.0 Å². The quantitative estimate of drug-likeness (QED) is 0.486. The molecule has 0 spiro atoms. The molecule has 1 aliphatic rings. The maximum absolute atomic E-state index is 11.5. The maximum Gasteiger partial charge on any atom is 0.280 e. The van der Waals surface area contributed by atoms with Gasteiger partial charge in [0.15, 0.2) is 5.78 Å². The van der Waals surface area contributed by atoms with Gasteiger partial charge in [0.05, 0.1) is 21.9 Å². The van der Waals surface area contributed by atoms with Crippen LogP contribution < -0.4 is 0 Å². The fourth-order valence-electron chi connectivity index (χ4n) is 2.19. The Morgan fingerprint density at radius 3 is 2.75 bits per heavy atom. The van der Waals surface area contributed by atoms with Gasteiger partial charge in [0.25, 0.3) is 5.69 Å². The van der Waals surface area contributed by atoms with Gasteiger partial charge in [0, 0.05) is 18.2 Å². The van der Waals surface area contributed by atoms with Crippen LogP contribution in [-0.4, -0.2) is 20.5 Å². The van der Waals surface area contributed by atoms with E-state index in [1.165, 1.54) is 19.1 Å². The van der Waals surface area contributed by atoms with Gasteiger partial charge < -0.3 is 0 Å². The number of ketones is 1. The van der Waals surface area contributed by atoms with Crippen molar-refractivity contribution in [2.24, 2.45) is 0 Å². The van der Waals surface area contributed by atoms with Crippen molar-refractivity contribution in [1.82, 2.24) is 9.78 Å². The van der Waals surface area contributed by atoms with Crippen molar-refractivity contribution in [3.63, 3.8) is 0 Å². The first-order chi connectivity index (χ1) is 9.56. The average molecular weight is 271 g/mol. The van der Waals surface area contributed by atoms with Crippen molar-refractivity contribution in [2.45, 2.75) is 25.7 Å². The van der Waals surface area contributed by atoms with E-state index in [0.717, 1.165) is 18.5 Å². The predicted molar refractivity (Wildman–Crippen MR) is 72.2 cm³/mol. The van der Waals surface area contributed by atoms with E-state index in [1.54, 1.807) is 10.7 Å². The number of nitro benzene ring substituents is 1. The lowest BCUT2D eigenvalue weighted by molar-refractivity contribution is -0.385. The van der Waals surface area contributed by atoms with Crippen LogP contribution in [0.25, 0.3) is 5.69 Å². The van der Waals surface area contributed by atoms with Gasteiger partial charge in [-0.3, -0.25) is 14.9 Å². The van der Waals surface area contributed by atoms with Crippen LogP contribution in [0, 0.1) is 10.1 Å². The lowest BCUT2D eigenvalue weighted by atomic mass is 10.1. The van der Waals surface area contributed by atoms with Crippen LogP contribution in [0.4, 0.5) is 5.69 Å². The molecule has 0 atom stereocenters. The molecule has 0 unspecified atom stereocenters. The molecule has 0 N–H and O–H groups in total. The van der Waals surface area contributed by atoms with E-state index >= 15 is 0 Å². The van der Waals surface area contributed by atoms with Crippen molar-refractivity contribution < 1.29 is 9.72 Å². The predicted octanol–water partition coefficient (Wildman–Crippen LogP) is 2.86. The lowest BCUT2D eigenvalue weighted by Gasteiger charge is -2.04. The lowest BCUT2D eigenvalue weighted by Crippen LogP contribution is -2.03. The van der Waals surface area contributed by atoms with E-state index < -0.39 is 4.92 Å². The molecule has 1 fully saturated rings. The Kier molecular flexibility index (Phi) is 2.85. The molecule has 2 aromatic rings. The Labute approximate surface area is 115 Å². The molecule has 1 aliphatic carbocycles. The zero-order valence-electron chi connectivity index (χ0n) is 10.9. The molecule has 3 rings (SSSR count). The Morgan fingerprint density at radius 1 is 1.40 bits per heavy atom. The molecule has 0 radical (unpaired) electrons. The summed E-state index contributed by atoms with van der Waals surface area (Å²) >= 11 is 0. The van der Waals surface area contributed by atoms with E-state index in [9.17, 15) is 14.9 Å². The first-order valence-electron chi connectivity index (χ1n) is 6.41. The van der Waals surface area contributed by atoms with Gasteiger partial charge >= 0.3 is 0 Å². The molecule has 0 amide bonds.